The number of amides is 1. The fraction of sp³-hybridized carbons (Fsp3) is 0.273. The van der Waals surface area contributed by atoms with Gasteiger partial charge < -0.3 is 4.74 Å². The van der Waals surface area contributed by atoms with Crippen LogP contribution in [0.25, 0.3) is 0 Å². The molecule has 0 spiro atoms. The zero-order chi connectivity index (χ0) is 11.7. The number of methoxy groups -OCH3 is 1. The number of para-hydroxylation sites is 1. The molecule has 5 heteroatoms. The number of hydrogen-bond donors (Lipinski definition) is 0. The summed E-state index contributed by atoms with van der Waals surface area (Å²) in [4.78, 5) is 24.2. The van der Waals surface area contributed by atoms with E-state index < -0.39 is 17.5 Å². The summed E-state index contributed by atoms with van der Waals surface area (Å²) in [6.07, 6.45) is 0. The van der Waals surface area contributed by atoms with Gasteiger partial charge in [-0.25, -0.2) is 4.39 Å². The maximum atomic E-state index is 13.5. The normalized spacial score (nSPS) is 14.5. The van der Waals surface area contributed by atoms with Crippen LogP contribution in [-0.2, 0) is 9.53 Å². The minimum absolute atomic E-state index is 0.0644. The van der Waals surface area contributed by atoms with E-state index in [-0.39, 0.29) is 24.4 Å². The van der Waals surface area contributed by atoms with E-state index >= 15 is 0 Å². The van der Waals surface area contributed by atoms with E-state index in [4.69, 9.17) is 4.74 Å². The average molecular weight is 223 g/mol. The molecule has 1 heterocycles. The number of fused-ring (bicyclic) bond motifs is 1. The van der Waals surface area contributed by atoms with E-state index in [1.54, 1.807) is 0 Å². The van der Waals surface area contributed by atoms with Crippen LogP contribution in [0.2, 0.25) is 0 Å². The molecule has 1 aromatic rings. The van der Waals surface area contributed by atoms with Crippen LogP contribution in [0.3, 0.4) is 0 Å². The predicted octanol–water partition coefficient (Wildman–Crippen LogP) is 1.00. The van der Waals surface area contributed by atoms with Crippen molar-refractivity contribution < 1.29 is 18.7 Å². The SMILES string of the molecule is COCCN1C(=O)C(=O)c2cccc(F)c21. The molecule has 1 aliphatic heterocycles. The lowest BCUT2D eigenvalue weighted by Crippen LogP contribution is -2.33. The minimum Gasteiger partial charge on any atom is -0.383 e. The molecule has 84 valence electrons. The monoisotopic (exact) mass is 223 g/mol. The van der Waals surface area contributed by atoms with Crippen LogP contribution in [0.4, 0.5) is 10.1 Å². The van der Waals surface area contributed by atoms with Gasteiger partial charge in [-0.1, -0.05) is 6.07 Å². The van der Waals surface area contributed by atoms with Crippen molar-refractivity contribution in [3.8, 4) is 0 Å². The van der Waals surface area contributed by atoms with E-state index in [0.29, 0.717) is 0 Å². The van der Waals surface area contributed by atoms with Crippen molar-refractivity contribution in [1.29, 1.82) is 0 Å². The number of Topliss-reactive ketones (excluding diaryl/α,β-unsaturated/α-hetero) is 1. The Hall–Kier alpha value is -1.75. The Morgan fingerprint density at radius 1 is 1.38 bits per heavy atom. The van der Waals surface area contributed by atoms with E-state index in [0.717, 1.165) is 4.90 Å². The van der Waals surface area contributed by atoms with Crippen molar-refractivity contribution in [2.24, 2.45) is 0 Å². The number of carbonyl (C=O) groups excluding carboxylic acids is 2. The summed E-state index contributed by atoms with van der Waals surface area (Å²) >= 11 is 0. The Labute approximate surface area is 91.6 Å². The number of nitrogens with zero attached hydrogens (tertiary/aromatic N) is 1. The molecule has 1 amide bonds. The Kier molecular flexibility index (Phi) is 2.70. The lowest BCUT2D eigenvalue weighted by molar-refractivity contribution is -0.114. The lowest BCUT2D eigenvalue weighted by Gasteiger charge is -2.15. The second-order valence-corrected chi connectivity index (χ2v) is 3.41. The lowest BCUT2D eigenvalue weighted by atomic mass is 10.1. The Morgan fingerprint density at radius 2 is 2.12 bits per heavy atom. The van der Waals surface area contributed by atoms with Gasteiger partial charge in [0, 0.05) is 13.7 Å². The molecule has 2 rings (SSSR count). The first-order chi connectivity index (χ1) is 7.66. The summed E-state index contributed by atoms with van der Waals surface area (Å²) in [6, 6.07) is 4.09. The highest BCUT2D eigenvalue weighted by molar-refractivity contribution is 6.52. The summed E-state index contributed by atoms with van der Waals surface area (Å²) in [5.74, 6) is -1.92. The molecule has 16 heavy (non-hydrogen) atoms. The van der Waals surface area contributed by atoms with Crippen molar-refractivity contribution in [1.82, 2.24) is 0 Å². The Bertz CT molecular complexity index is 459. The first-order valence-corrected chi connectivity index (χ1v) is 4.80. The first kappa shape index (κ1) is 10.8. The maximum Gasteiger partial charge on any atom is 0.299 e. The van der Waals surface area contributed by atoms with Crippen LogP contribution in [0.1, 0.15) is 10.4 Å². The average Bonchev–Trinajstić information content (AvgIpc) is 2.52. The summed E-state index contributed by atoms with van der Waals surface area (Å²) in [5.41, 5.74) is 0.190. The first-order valence-electron chi connectivity index (χ1n) is 4.80. The van der Waals surface area contributed by atoms with Gasteiger partial charge in [0.15, 0.2) is 0 Å². The maximum absolute atomic E-state index is 13.5. The highest BCUT2D eigenvalue weighted by Crippen LogP contribution is 2.31. The molecule has 1 aliphatic rings. The Morgan fingerprint density at radius 3 is 2.81 bits per heavy atom. The fourth-order valence-electron chi connectivity index (χ4n) is 1.71. The molecule has 0 N–H and O–H groups in total. The van der Waals surface area contributed by atoms with E-state index in [9.17, 15) is 14.0 Å². The van der Waals surface area contributed by atoms with Gasteiger partial charge >= 0.3 is 0 Å². The third-order valence-electron chi connectivity index (χ3n) is 2.46. The third kappa shape index (κ3) is 1.49. The molecule has 0 saturated carbocycles. The van der Waals surface area contributed by atoms with Crippen molar-refractivity contribution in [2.45, 2.75) is 0 Å². The topological polar surface area (TPSA) is 46.6 Å². The second-order valence-electron chi connectivity index (χ2n) is 3.41. The van der Waals surface area contributed by atoms with Crippen LogP contribution in [0.5, 0.6) is 0 Å². The summed E-state index contributed by atoms with van der Waals surface area (Å²) in [6.45, 7) is 0.432. The number of halogens is 1. The van der Waals surface area contributed by atoms with Gasteiger partial charge in [0.25, 0.3) is 11.7 Å². The molecule has 0 radical (unpaired) electrons. The van der Waals surface area contributed by atoms with Crippen molar-refractivity contribution in [3.63, 3.8) is 0 Å². The Balaban J connectivity index is 2.43. The number of hydrogen-bond acceptors (Lipinski definition) is 3. The third-order valence-corrected chi connectivity index (χ3v) is 2.46. The van der Waals surface area contributed by atoms with Gasteiger partial charge in [-0.3, -0.25) is 14.5 Å². The number of benzene rings is 1. The number of carbonyl (C=O) groups is 2. The summed E-state index contributed by atoms with van der Waals surface area (Å²) in [7, 11) is 1.48. The van der Waals surface area contributed by atoms with Gasteiger partial charge in [-0.05, 0) is 12.1 Å². The number of anilines is 1. The molecular formula is C11H10FNO3. The van der Waals surface area contributed by atoms with Crippen molar-refractivity contribution in [2.75, 3.05) is 25.2 Å². The molecule has 0 bridgehead atoms. The number of rotatable bonds is 3. The largest absolute Gasteiger partial charge is 0.383 e. The molecule has 1 aromatic carbocycles. The number of ether oxygens (including phenoxy) is 1. The van der Waals surface area contributed by atoms with E-state index in [2.05, 4.69) is 0 Å². The van der Waals surface area contributed by atoms with E-state index in [1.807, 2.05) is 0 Å². The highest BCUT2D eigenvalue weighted by Gasteiger charge is 2.37. The summed E-state index contributed by atoms with van der Waals surface area (Å²) < 4.78 is 18.3. The second kappa shape index (κ2) is 4.02. The number of ketones is 1. The molecule has 0 unspecified atom stereocenters. The minimum atomic E-state index is -0.697. The van der Waals surface area contributed by atoms with Gasteiger partial charge in [-0.15, -0.1) is 0 Å². The molecule has 0 saturated heterocycles. The van der Waals surface area contributed by atoms with Crippen molar-refractivity contribution in [3.05, 3.63) is 29.6 Å². The zero-order valence-electron chi connectivity index (χ0n) is 8.70. The van der Waals surface area contributed by atoms with Gasteiger partial charge in [0.1, 0.15) is 5.82 Å². The summed E-state index contributed by atoms with van der Waals surface area (Å²) in [5, 5.41) is 0. The molecule has 0 aliphatic carbocycles. The van der Waals surface area contributed by atoms with Crippen LogP contribution in [-0.4, -0.2) is 32.0 Å². The van der Waals surface area contributed by atoms with Crippen LogP contribution in [0, 0.1) is 5.82 Å². The fourth-order valence-corrected chi connectivity index (χ4v) is 1.71. The van der Waals surface area contributed by atoms with Crippen LogP contribution >= 0.6 is 0 Å². The van der Waals surface area contributed by atoms with E-state index in [1.165, 1.54) is 25.3 Å². The van der Waals surface area contributed by atoms with Gasteiger partial charge in [0.05, 0.1) is 17.9 Å². The van der Waals surface area contributed by atoms with Gasteiger partial charge in [-0.2, -0.15) is 0 Å². The molecular weight excluding hydrogens is 213 g/mol. The standard InChI is InChI=1S/C11H10FNO3/c1-16-6-5-13-9-7(10(14)11(13)15)3-2-4-8(9)12/h2-4H,5-6H2,1H3. The molecule has 4 nitrogen and oxygen atoms in total. The van der Waals surface area contributed by atoms with Crippen molar-refractivity contribution >= 4 is 17.4 Å². The van der Waals surface area contributed by atoms with Crippen LogP contribution < -0.4 is 4.90 Å². The highest BCUT2D eigenvalue weighted by atomic mass is 19.1. The molecule has 0 atom stereocenters. The molecule has 0 fully saturated rings. The molecule has 0 aromatic heterocycles. The zero-order valence-corrected chi connectivity index (χ0v) is 8.70. The quantitative estimate of drug-likeness (QED) is 0.718. The smallest absolute Gasteiger partial charge is 0.299 e. The van der Waals surface area contributed by atoms with Crippen LogP contribution in [0.15, 0.2) is 18.2 Å². The predicted molar refractivity (Wildman–Crippen MR) is 55.0 cm³/mol. The van der Waals surface area contributed by atoms with Gasteiger partial charge in [0.2, 0.25) is 0 Å².